The Morgan fingerprint density at radius 1 is 1.00 bits per heavy atom. The molecule has 1 aromatic carbocycles. The molecule has 0 spiro atoms. The second-order valence-electron chi connectivity index (χ2n) is 8.15. The molecule has 2 aromatic rings. The lowest BCUT2D eigenvalue weighted by Crippen LogP contribution is -2.45. The molecule has 1 unspecified atom stereocenters. The minimum atomic E-state index is 0.0331. The quantitative estimate of drug-likeness (QED) is 0.829. The molecule has 5 heteroatoms. The number of carbonyl (C=O) groups is 1. The Morgan fingerprint density at radius 3 is 2.54 bits per heavy atom. The van der Waals surface area contributed by atoms with Crippen LogP contribution < -0.4 is 5.32 Å². The molecular weight excluding hydrogens is 350 g/mol. The lowest BCUT2D eigenvalue weighted by molar-refractivity contribution is 0.149. The molecule has 4 rings (SSSR count). The van der Waals surface area contributed by atoms with Crippen LogP contribution in [0.5, 0.6) is 0 Å². The van der Waals surface area contributed by atoms with Crippen molar-refractivity contribution < 1.29 is 9.21 Å². The highest BCUT2D eigenvalue weighted by atomic mass is 16.3. The first-order valence-electron chi connectivity index (χ1n) is 10.6. The van der Waals surface area contributed by atoms with Gasteiger partial charge in [-0.05, 0) is 61.8 Å². The Hall–Kier alpha value is -2.27. The summed E-state index contributed by atoms with van der Waals surface area (Å²) in [5, 5.41) is 2.96. The molecule has 0 bridgehead atoms. The molecule has 1 atom stereocenters. The maximum Gasteiger partial charge on any atom is 0.317 e. The van der Waals surface area contributed by atoms with E-state index in [9.17, 15) is 4.79 Å². The Balaban J connectivity index is 1.16. The summed E-state index contributed by atoms with van der Waals surface area (Å²) < 4.78 is 5.28. The summed E-state index contributed by atoms with van der Waals surface area (Å²) in [6, 6.07) is 14.5. The largest absolute Gasteiger partial charge is 0.467 e. The fraction of sp³-hybridized carbons (Fsp3) is 0.522. The summed E-state index contributed by atoms with van der Waals surface area (Å²) in [5.41, 5.74) is 1.43. The fourth-order valence-electron chi connectivity index (χ4n) is 4.64. The van der Waals surface area contributed by atoms with Crippen LogP contribution in [0.4, 0.5) is 4.79 Å². The maximum absolute atomic E-state index is 12.4. The average Bonchev–Trinajstić information content (AvgIpc) is 3.43. The van der Waals surface area contributed by atoms with Gasteiger partial charge in [-0.25, -0.2) is 4.79 Å². The molecule has 2 saturated heterocycles. The SMILES string of the molecule is O=C(NCc1ccco1)N1CCC(C2CCN(CCc3ccccc3)C2)CC1. The highest BCUT2D eigenvalue weighted by Crippen LogP contribution is 2.32. The van der Waals surface area contributed by atoms with Crippen LogP contribution in [0, 0.1) is 11.8 Å². The van der Waals surface area contributed by atoms with E-state index < -0.39 is 0 Å². The lowest BCUT2D eigenvalue weighted by Gasteiger charge is -2.34. The second kappa shape index (κ2) is 9.28. The summed E-state index contributed by atoms with van der Waals surface area (Å²) in [7, 11) is 0. The number of nitrogens with zero attached hydrogens (tertiary/aromatic N) is 2. The van der Waals surface area contributed by atoms with Gasteiger partial charge in [-0.1, -0.05) is 30.3 Å². The first-order valence-corrected chi connectivity index (χ1v) is 10.6. The van der Waals surface area contributed by atoms with Crippen LogP contribution in [-0.2, 0) is 13.0 Å². The summed E-state index contributed by atoms with van der Waals surface area (Å²) in [6.07, 6.45) is 6.35. The van der Waals surface area contributed by atoms with Gasteiger partial charge in [0.2, 0.25) is 0 Å². The summed E-state index contributed by atoms with van der Waals surface area (Å²) in [6.45, 7) is 5.81. The smallest absolute Gasteiger partial charge is 0.317 e. The van der Waals surface area contributed by atoms with Crippen LogP contribution in [0.2, 0.25) is 0 Å². The molecule has 2 amide bonds. The predicted molar refractivity (Wildman–Crippen MR) is 110 cm³/mol. The molecule has 2 fully saturated rings. The van der Waals surface area contributed by atoms with E-state index in [2.05, 4.69) is 40.5 Å². The Labute approximate surface area is 167 Å². The van der Waals surface area contributed by atoms with Crippen LogP contribution >= 0.6 is 0 Å². The third-order valence-corrected chi connectivity index (χ3v) is 6.36. The van der Waals surface area contributed by atoms with E-state index in [0.29, 0.717) is 6.54 Å². The standard InChI is InChI=1S/C23H31N3O2/c27-23(24-17-22-7-4-16-28-22)26-14-10-20(11-15-26)21-9-13-25(18-21)12-8-19-5-2-1-3-6-19/h1-7,16,20-21H,8-15,17-18H2,(H,24,27). The molecule has 0 saturated carbocycles. The third kappa shape index (κ3) is 4.96. The zero-order chi connectivity index (χ0) is 19.2. The normalized spacial score (nSPS) is 21.1. The van der Waals surface area contributed by atoms with Gasteiger partial charge in [0.25, 0.3) is 0 Å². The highest BCUT2D eigenvalue weighted by molar-refractivity contribution is 5.74. The van der Waals surface area contributed by atoms with Crippen molar-refractivity contribution in [3.05, 3.63) is 60.1 Å². The maximum atomic E-state index is 12.4. The van der Waals surface area contributed by atoms with Gasteiger partial charge in [0.1, 0.15) is 5.76 Å². The molecule has 2 aliphatic heterocycles. The molecule has 3 heterocycles. The van der Waals surface area contributed by atoms with Crippen molar-refractivity contribution in [1.29, 1.82) is 0 Å². The van der Waals surface area contributed by atoms with Gasteiger partial charge in [-0.3, -0.25) is 0 Å². The molecule has 5 nitrogen and oxygen atoms in total. The van der Waals surface area contributed by atoms with E-state index in [1.54, 1.807) is 6.26 Å². The van der Waals surface area contributed by atoms with Crippen molar-refractivity contribution in [2.24, 2.45) is 11.8 Å². The van der Waals surface area contributed by atoms with Crippen molar-refractivity contribution in [3.63, 3.8) is 0 Å². The number of piperidine rings is 1. The zero-order valence-corrected chi connectivity index (χ0v) is 16.6. The molecule has 150 valence electrons. The fourth-order valence-corrected chi connectivity index (χ4v) is 4.64. The van der Waals surface area contributed by atoms with Crippen LogP contribution in [0.25, 0.3) is 0 Å². The number of furan rings is 1. The van der Waals surface area contributed by atoms with Crippen molar-refractivity contribution in [2.75, 3.05) is 32.7 Å². The number of benzene rings is 1. The van der Waals surface area contributed by atoms with E-state index in [1.807, 2.05) is 17.0 Å². The molecule has 2 aliphatic rings. The zero-order valence-electron chi connectivity index (χ0n) is 16.6. The highest BCUT2D eigenvalue weighted by Gasteiger charge is 2.32. The topological polar surface area (TPSA) is 48.7 Å². The van der Waals surface area contributed by atoms with Crippen molar-refractivity contribution in [2.45, 2.75) is 32.2 Å². The molecule has 0 aliphatic carbocycles. The van der Waals surface area contributed by atoms with Gasteiger partial charge in [0.15, 0.2) is 0 Å². The molecule has 28 heavy (non-hydrogen) atoms. The third-order valence-electron chi connectivity index (χ3n) is 6.36. The van der Waals surface area contributed by atoms with Crippen molar-refractivity contribution in [1.82, 2.24) is 15.1 Å². The Bertz CT molecular complexity index is 724. The molecular formula is C23H31N3O2. The first-order chi connectivity index (χ1) is 13.8. The number of carbonyl (C=O) groups excluding carboxylic acids is 1. The monoisotopic (exact) mass is 381 g/mol. The van der Waals surface area contributed by atoms with E-state index in [4.69, 9.17) is 4.42 Å². The van der Waals surface area contributed by atoms with Crippen LogP contribution in [0.3, 0.4) is 0 Å². The van der Waals surface area contributed by atoms with Crippen LogP contribution in [0.1, 0.15) is 30.6 Å². The summed E-state index contributed by atoms with van der Waals surface area (Å²) >= 11 is 0. The van der Waals surface area contributed by atoms with Gasteiger partial charge >= 0.3 is 6.03 Å². The minimum Gasteiger partial charge on any atom is -0.467 e. The van der Waals surface area contributed by atoms with Gasteiger partial charge in [0.05, 0.1) is 12.8 Å². The number of hydrogen-bond acceptors (Lipinski definition) is 3. The lowest BCUT2D eigenvalue weighted by atomic mass is 9.84. The summed E-state index contributed by atoms with van der Waals surface area (Å²) in [4.78, 5) is 16.9. The molecule has 1 aromatic heterocycles. The van der Waals surface area contributed by atoms with E-state index >= 15 is 0 Å². The summed E-state index contributed by atoms with van der Waals surface area (Å²) in [5.74, 6) is 2.35. The Kier molecular flexibility index (Phi) is 6.32. The average molecular weight is 382 g/mol. The second-order valence-corrected chi connectivity index (χ2v) is 8.15. The van der Waals surface area contributed by atoms with Crippen LogP contribution in [0.15, 0.2) is 53.1 Å². The van der Waals surface area contributed by atoms with Crippen LogP contribution in [-0.4, -0.2) is 48.6 Å². The van der Waals surface area contributed by atoms with E-state index in [-0.39, 0.29) is 6.03 Å². The van der Waals surface area contributed by atoms with E-state index in [1.165, 1.54) is 25.1 Å². The number of amides is 2. The van der Waals surface area contributed by atoms with Gasteiger partial charge in [0, 0.05) is 26.2 Å². The van der Waals surface area contributed by atoms with Gasteiger partial charge < -0.3 is 19.5 Å². The minimum absolute atomic E-state index is 0.0331. The predicted octanol–water partition coefficient (Wildman–Crippen LogP) is 3.77. The Morgan fingerprint density at radius 2 is 1.79 bits per heavy atom. The number of nitrogens with one attached hydrogen (secondary N) is 1. The van der Waals surface area contributed by atoms with Gasteiger partial charge in [-0.15, -0.1) is 0 Å². The van der Waals surface area contributed by atoms with E-state index in [0.717, 1.165) is 56.5 Å². The first kappa shape index (κ1) is 19.1. The van der Waals surface area contributed by atoms with Crippen molar-refractivity contribution >= 4 is 6.03 Å². The van der Waals surface area contributed by atoms with Crippen molar-refractivity contribution in [3.8, 4) is 0 Å². The molecule has 0 radical (unpaired) electrons. The molecule has 1 N–H and O–H groups in total. The van der Waals surface area contributed by atoms with Gasteiger partial charge in [-0.2, -0.15) is 0 Å². The number of rotatable bonds is 6. The number of hydrogen-bond donors (Lipinski definition) is 1. The number of likely N-dealkylation sites (tertiary alicyclic amines) is 2. The number of urea groups is 1.